The molecule has 1 fully saturated rings. The largest absolute Gasteiger partial charge is 0.872 e. The third-order valence-electron chi connectivity index (χ3n) is 6.38. The van der Waals surface area contributed by atoms with Crippen LogP contribution in [0.2, 0.25) is 0 Å². The summed E-state index contributed by atoms with van der Waals surface area (Å²) in [5.41, 5.74) is 3.05. The van der Waals surface area contributed by atoms with E-state index in [0.717, 1.165) is 41.9 Å². The van der Waals surface area contributed by atoms with Crippen LogP contribution < -0.4 is 19.5 Å². The lowest BCUT2D eigenvalue weighted by Gasteiger charge is -2.19. The Morgan fingerprint density at radius 3 is 2.77 bits per heavy atom. The molecule has 0 unspecified atom stereocenters. The first kappa shape index (κ1) is 19.7. The summed E-state index contributed by atoms with van der Waals surface area (Å²) in [5, 5.41) is 13.6. The Hall–Kier alpha value is -3.25. The van der Waals surface area contributed by atoms with E-state index in [0.29, 0.717) is 23.4 Å². The molecular weight excluding hydrogens is 392 g/mol. The van der Waals surface area contributed by atoms with E-state index in [9.17, 15) is 9.90 Å². The second-order valence-corrected chi connectivity index (χ2v) is 8.25. The molecule has 2 aliphatic heterocycles. The van der Waals surface area contributed by atoms with Crippen LogP contribution in [0.1, 0.15) is 41.3 Å². The molecule has 5 rings (SSSR count). The van der Waals surface area contributed by atoms with Crippen molar-refractivity contribution in [3.8, 4) is 17.2 Å². The average Bonchev–Trinajstić information content (AvgIpc) is 3.49. The molecule has 0 amide bonds. The number of aryl methyl sites for hydroxylation is 1. The van der Waals surface area contributed by atoms with Gasteiger partial charge in [0.2, 0.25) is 5.78 Å². The van der Waals surface area contributed by atoms with Crippen molar-refractivity contribution in [2.24, 2.45) is 0 Å². The van der Waals surface area contributed by atoms with Gasteiger partial charge in [0.1, 0.15) is 18.0 Å². The maximum atomic E-state index is 13.1. The predicted octanol–water partition coefficient (Wildman–Crippen LogP) is 2.54. The van der Waals surface area contributed by atoms with E-state index in [1.807, 2.05) is 24.4 Å². The van der Waals surface area contributed by atoms with Crippen molar-refractivity contribution in [2.45, 2.75) is 32.9 Å². The molecule has 1 N–H and O–H groups in total. The number of nitrogens with one attached hydrogen (secondary N) is 1. The van der Waals surface area contributed by atoms with Crippen LogP contribution in [0.4, 0.5) is 0 Å². The first-order chi connectivity index (χ1) is 15.1. The van der Waals surface area contributed by atoms with E-state index < -0.39 is 0 Å². The van der Waals surface area contributed by atoms with Crippen molar-refractivity contribution in [2.75, 3.05) is 20.2 Å². The number of benzene rings is 2. The number of quaternary nitrogens is 1. The molecule has 2 aliphatic rings. The van der Waals surface area contributed by atoms with Gasteiger partial charge in [-0.3, -0.25) is 4.79 Å². The van der Waals surface area contributed by atoms with Crippen molar-refractivity contribution in [3.05, 3.63) is 59.0 Å². The third kappa shape index (κ3) is 3.37. The molecule has 3 heterocycles. The molecule has 6 nitrogen and oxygen atoms in total. The second-order valence-electron chi connectivity index (χ2n) is 8.25. The van der Waals surface area contributed by atoms with Gasteiger partial charge < -0.3 is 24.0 Å². The first-order valence-corrected chi connectivity index (χ1v) is 10.9. The summed E-state index contributed by atoms with van der Waals surface area (Å²) in [6.07, 6.45) is 6.15. The number of carbonyl (C=O) groups excluding carboxylic acids is 1. The Morgan fingerprint density at radius 2 is 2.03 bits per heavy atom. The van der Waals surface area contributed by atoms with Gasteiger partial charge in [-0.05, 0) is 37.3 Å². The summed E-state index contributed by atoms with van der Waals surface area (Å²) in [5.74, 6) is 1.23. The fourth-order valence-electron chi connectivity index (χ4n) is 4.71. The number of aromatic nitrogens is 1. The number of ketones is 1. The minimum absolute atomic E-state index is 0.0560. The van der Waals surface area contributed by atoms with Crippen LogP contribution in [-0.4, -0.2) is 30.5 Å². The maximum Gasteiger partial charge on any atom is 0.231 e. The molecule has 31 heavy (non-hydrogen) atoms. The quantitative estimate of drug-likeness (QED) is 0.647. The van der Waals surface area contributed by atoms with Crippen molar-refractivity contribution in [1.82, 2.24) is 4.57 Å². The first-order valence-electron chi connectivity index (χ1n) is 10.9. The van der Waals surface area contributed by atoms with Crippen molar-refractivity contribution in [3.63, 3.8) is 0 Å². The van der Waals surface area contributed by atoms with Gasteiger partial charge in [0.15, 0.2) is 5.76 Å². The monoisotopic (exact) mass is 418 g/mol. The van der Waals surface area contributed by atoms with Crippen molar-refractivity contribution >= 4 is 22.8 Å². The third-order valence-corrected chi connectivity index (χ3v) is 6.38. The number of allylic oxidation sites excluding steroid dienone is 1. The molecule has 0 aliphatic carbocycles. The Morgan fingerprint density at radius 1 is 1.23 bits per heavy atom. The molecule has 160 valence electrons. The lowest BCUT2D eigenvalue weighted by molar-refractivity contribution is -0.901. The number of fused-ring (bicyclic) bond motifs is 2. The lowest BCUT2D eigenvalue weighted by atomic mass is 10.0. The number of nitrogens with zero attached hydrogens (tertiary/aromatic N) is 1. The van der Waals surface area contributed by atoms with E-state index in [1.54, 1.807) is 19.3 Å². The normalized spacial score (nSPS) is 17.5. The number of likely N-dealkylation sites (tertiary alicyclic amines) is 1. The zero-order valence-corrected chi connectivity index (χ0v) is 17.9. The molecule has 1 aromatic heterocycles. The summed E-state index contributed by atoms with van der Waals surface area (Å²) in [7, 11) is 1.64. The number of ether oxygens (including phenoxy) is 2. The fourth-order valence-corrected chi connectivity index (χ4v) is 4.71. The zero-order valence-electron chi connectivity index (χ0n) is 17.9. The Labute approximate surface area is 181 Å². The second kappa shape index (κ2) is 7.78. The van der Waals surface area contributed by atoms with Gasteiger partial charge in [-0.1, -0.05) is 11.8 Å². The number of Topliss-reactive ketones (excluding diaryl/α,β-unsaturated/α-hetero) is 1. The standard InChI is InChI=1S/C25H26N2O4/c1-3-27-14-16(19-13-17(30-2)6-8-21(19)27)12-23-24(29)18-7-9-22(28)20(25(18)31-23)15-26-10-4-5-11-26/h6-9,12-14,28H,3-5,10-11,15H2,1-2H3. The van der Waals surface area contributed by atoms with Crippen LogP contribution in [0.25, 0.3) is 17.0 Å². The highest BCUT2D eigenvalue weighted by Gasteiger charge is 2.31. The molecule has 0 bridgehead atoms. The van der Waals surface area contributed by atoms with Crippen LogP contribution in [0, 0.1) is 0 Å². The molecule has 1 saturated heterocycles. The molecule has 0 atom stereocenters. The minimum Gasteiger partial charge on any atom is -0.872 e. The fraction of sp³-hybridized carbons (Fsp3) is 0.320. The van der Waals surface area contributed by atoms with Crippen LogP contribution in [0.15, 0.2) is 42.3 Å². The molecule has 0 saturated carbocycles. The van der Waals surface area contributed by atoms with E-state index in [1.165, 1.54) is 23.8 Å². The number of methoxy groups -OCH3 is 1. The van der Waals surface area contributed by atoms with Crippen LogP contribution >= 0.6 is 0 Å². The van der Waals surface area contributed by atoms with E-state index in [2.05, 4.69) is 11.5 Å². The Kier molecular flexibility index (Phi) is 4.94. The van der Waals surface area contributed by atoms with Crippen LogP contribution in [-0.2, 0) is 13.1 Å². The van der Waals surface area contributed by atoms with Gasteiger partial charge in [-0.2, -0.15) is 0 Å². The Balaban J connectivity index is 1.55. The highest BCUT2D eigenvalue weighted by molar-refractivity contribution is 6.15. The molecule has 3 aromatic rings. The van der Waals surface area contributed by atoms with E-state index in [-0.39, 0.29) is 17.3 Å². The molecule has 0 radical (unpaired) electrons. The number of carbonyl (C=O) groups is 1. The summed E-state index contributed by atoms with van der Waals surface area (Å²) >= 11 is 0. The van der Waals surface area contributed by atoms with Crippen molar-refractivity contribution in [1.29, 1.82) is 0 Å². The maximum absolute atomic E-state index is 13.1. The van der Waals surface area contributed by atoms with Crippen LogP contribution in [0.3, 0.4) is 0 Å². The zero-order chi connectivity index (χ0) is 21.5. The van der Waals surface area contributed by atoms with Gasteiger partial charge >= 0.3 is 0 Å². The van der Waals surface area contributed by atoms with Gasteiger partial charge in [-0.15, -0.1) is 0 Å². The van der Waals surface area contributed by atoms with Gasteiger partial charge in [0, 0.05) is 47.6 Å². The summed E-state index contributed by atoms with van der Waals surface area (Å²) < 4.78 is 13.6. The SMILES string of the molecule is CCn1cc(C=C2Oc3c(ccc([O-])c3C[NH+]3CCCC3)C2=O)c2cc(OC)ccc21. The lowest BCUT2D eigenvalue weighted by Crippen LogP contribution is -3.08. The summed E-state index contributed by atoms with van der Waals surface area (Å²) in [6, 6.07) is 9.02. The number of hydrogen-bond acceptors (Lipinski definition) is 4. The summed E-state index contributed by atoms with van der Waals surface area (Å²) in [4.78, 5) is 14.5. The number of rotatable bonds is 5. The minimum atomic E-state index is -0.173. The average molecular weight is 418 g/mol. The highest BCUT2D eigenvalue weighted by atomic mass is 16.5. The van der Waals surface area contributed by atoms with Gasteiger partial charge in [0.05, 0.1) is 25.8 Å². The van der Waals surface area contributed by atoms with E-state index in [4.69, 9.17) is 9.47 Å². The highest BCUT2D eigenvalue weighted by Crippen LogP contribution is 2.39. The van der Waals surface area contributed by atoms with Crippen LogP contribution in [0.5, 0.6) is 17.2 Å². The van der Waals surface area contributed by atoms with Gasteiger partial charge in [-0.25, -0.2) is 0 Å². The predicted molar refractivity (Wildman–Crippen MR) is 117 cm³/mol. The molecule has 0 spiro atoms. The van der Waals surface area contributed by atoms with E-state index >= 15 is 0 Å². The van der Waals surface area contributed by atoms with Gasteiger partial charge in [0.25, 0.3) is 0 Å². The molecular formula is C25H26N2O4. The topological polar surface area (TPSA) is 68.0 Å². The Bertz CT molecular complexity index is 1200. The smallest absolute Gasteiger partial charge is 0.231 e. The summed E-state index contributed by atoms with van der Waals surface area (Å²) in [6.45, 7) is 5.60. The molecule has 6 heteroatoms. The molecule has 2 aromatic carbocycles. The van der Waals surface area contributed by atoms with Crippen molar-refractivity contribution < 1.29 is 24.3 Å². The number of hydrogen-bond donors (Lipinski definition) is 1.